The zero-order valence-electron chi connectivity index (χ0n) is 17.2. The minimum atomic E-state index is -0.261. The van der Waals surface area contributed by atoms with Crippen LogP contribution in [0.2, 0.25) is 0 Å². The number of carbonyl (C=O) groups excluding carboxylic acids is 2. The van der Waals surface area contributed by atoms with Gasteiger partial charge >= 0.3 is 0 Å². The Morgan fingerprint density at radius 1 is 0.966 bits per heavy atom. The van der Waals surface area contributed by atoms with Gasteiger partial charge in [-0.1, -0.05) is 57.2 Å². The van der Waals surface area contributed by atoms with Gasteiger partial charge in [-0.05, 0) is 34.7 Å². The lowest BCUT2D eigenvalue weighted by Gasteiger charge is -2.18. The molecular weight excluding hydrogens is 364 g/mol. The second kappa shape index (κ2) is 8.35. The predicted molar refractivity (Wildman–Crippen MR) is 114 cm³/mol. The quantitative estimate of drug-likeness (QED) is 0.610. The summed E-state index contributed by atoms with van der Waals surface area (Å²) >= 11 is 0. The van der Waals surface area contributed by atoms with Crippen LogP contribution >= 0.6 is 0 Å². The van der Waals surface area contributed by atoms with Crippen LogP contribution in [0, 0.1) is 0 Å². The zero-order chi connectivity index (χ0) is 21.0. The highest BCUT2D eigenvalue weighted by Crippen LogP contribution is 2.23. The summed E-state index contributed by atoms with van der Waals surface area (Å²) in [6, 6.07) is 16.7. The number of aromatic nitrogens is 1. The average Bonchev–Trinajstić information content (AvgIpc) is 3.21. The monoisotopic (exact) mass is 390 g/mol. The summed E-state index contributed by atoms with van der Waals surface area (Å²) < 4.78 is 5.12. The Morgan fingerprint density at radius 3 is 2.21 bits per heavy atom. The maximum Gasteiger partial charge on any atom is 0.267 e. The van der Waals surface area contributed by atoms with Crippen LogP contribution in [-0.2, 0) is 12.0 Å². The van der Waals surface area contributed by atoms with Crippen LogP contribution in [0.15, 0.2) is 60.8 Å². The molecule has 0 atom stereocenters. The summed E-state index contributed by atoms with van der Waals surface area (Å²) in [7, 11) is 1.61. The minimum absolute atomic E-state index is 0.0325. The Bertz CT molecular complexity index is 994. The summed E-state index contributed by atoms with van der Waals surface area (Å²) in [6.07, 6.45) is 1.57. The summed E-state index contributed by atoms with van der Waals surface area (Å²) in [6.45, 7) is 6.78. The van der Waals surface area contributed by atoms with Crippen molar-refractivity contribution in [1.82, 2.24) is 10.3 Å². The number of hydrogen-bond acceptors (Lipinski definition) is 3. The number of rotatable bonds is 6. The molecule has 0 saturated carbocycles. The van der Waals surface area contributed by atoms with Gasteiger partial charge in [0.25, 0.3) is 5.91 Å². The van der Waals surface area contributed by atoms with Gasteiger partial charge in [0.1, 0.15) is 11.4 Å². The van der Waals surface area contributed by atoms with Crippen LogP contribution < -0.4 is 10.1 Å². The van der Waals surface area contributed by atoms with Crippen molar-refractivity contribution < 1.29 is 14.3 Å². The van der Waals surface area contributed by atoms with Crippen LogP contribution in [0.3, 0.4) is 0 Å². The minimum Gasteiger partial charge on any atom is -0.497 e. The van der Waals surface area contributed by atoms with Gasteiger partial charge in [0.05, 0.1) is 7.11 Å². The highest BCUT2D eigenvalue weighted by atomic mass is 16.5. The van der Waals surface area contributed by atoms with Crippen molar-refractivity contribution in [3.8, 4) is 5.75 Å². The predicted octanol–water partition coefficient (Wildman–Crippen LogP) is 4.48. The first-order valence-corrected chi connectivity index (χ1v) is 9.53. The number of benzene rings is 2. The fourth-order valence-corrected chi connectivity index (χ4v) is 2.97. The van der Waals surface area contributed by atoms with Crippen molar-refractivity contribution in [2.45, 2.75) is 32.7 Å². The average molecular weight is 390 g/mol. The van der Waals surface area contributed by atoms with Crippen molar-refractivity contribution in [2.75, 3.05) is 7.11 Å². The van der Waals surface area contributed by atoms with Gasteiger partial charge in [0, 0.05) is 23.9 Å². The third-order valence-corrected chi connectivity index (χ3v) is 4.82. The van der Waals surface area contributed by atoms with Crippen molar-refractivity contribution >= 4 is 11.7 Å². The number of amides is 1. The highest BCUT2D eigenvalue weighted by molar-refractivity contribution is 6.10. The molecule has 150 valence electrons. The fraction of sp³-hybridized carbons (Fsp3) is 0.250. The molecule has 0 unspecified atom stereocenters. The number of carbonyl (C=O) groups is 2. The van der Waals surface area contributed by atoms with E-state index in [0.29, 0.717) is 23.4 Å². The van der Waals surface area contributed by atoms with Crippen molar-refractivity contribution in [2.24, 2.45) is 0 Å². The smallest absolute Gasteiger partial charge is 0.267 e. The van der Waals surface area contributed by atoms with E-state index in [2.05, 4.69) is 31.1 Å². The molecule has 0 radical (unpaired) electrons. The highest BCUT2D eigenvalue weighted by Gasteiger charge is 2.17. The van der Waals surface area contributed by atoms with E-state index in [0.717, 1.165) is 11.3 Å². The summed E-state index contributed by atoms with van der Waals surface area (Å²) in [5.41, 5.74) is 3.58. The van der Waals surface area contributed by atoms with Gasteiger partial charge in [-0.2, -0.15) is 0 Å². The number of H-pyrrole nitrogens is 1. The number of ketones is 1. The molecule has 0 aliphatic carbocycles. The Kier molecular flexibility index (Phi) is 5.87. The van der Waals surface area contributed by atoms with E-state index in [-0.39, 0.29) is 17.1 Å². The molecular formula is C24H26N2O3. The summed E-state index contributed by atoms with van der Waals surface area (Å²) in [4.78, 5) is 28.0. The summed E-state index contributed by atoms with van der Waals surface area (Å²) in [5.74, 6) is 0.391. The van der Waals surface area contributed by atoms with E-state index in [1.807, 2.05) is 48.5 Å². The maximum absolute atomic E-state index is 12.7. The van der Waals surface area contributed by atoms with E-state index in [4.69, 9.17) is 4.74 Å². The van der Waals surface area contributed by atoms with Gasteiger partial charge in [-0.15, -0.1) is 0 Å². The first kappa shape index (κ1) is 20.4. The Hall–Kier alpha value is -3.34. The van der Waals surface area contributed by atoms with Gasteiger partial charge in [0.2, 0.25) is 0 Å². The Morgan fingerprint density at radius 2 is 1.62 bits per heavy atom. The summed E-state index contributed by atoms with van der Waals surface area (Å²) in [5, 5.41) is 2.85. The molecule has 2 N–H and O–H groups in total. The SMILES string of the molecule is COc1ccc(CNC(=O)c2cc(C(=O)c3ccc(C(C)(C)C)cc3)c[nH]2)cc1. The van der Waals surface area contributed by atoms with Gasteiger partial charge in [-0.3, -0.25) is 9.59 Å². The largest absolute Gasteiger partial charge is 0.497 e. The van der Waals surface area contributed by atoms with Crippen LogP contribution in [0.25, 0.3) is 0 Å². The lowest BCUT2D eigenvalue weighted by molar-refractivity contribution is 0.0946. The maximum atomic E-state index is 12.7. The van der Waals surface area contributed by atoms with Crippen LogP contribution in [0.1, 0.15) is 58.3 Å². The molecule has 0 spiro atoms. The van der Waals surface area contributed by atoms with E-state index >= 15 is 0 Å². The molecule has 29 heavy (non-hydrogen) atoms. The third-order valence-electron chi connectivity index (χ3n) is 4.82. The number of nitrogens with one attached hydrogen (secondary N) is 2. The third kappa shape index (κ3) is 4.93. The molecule has 1 amide bonds. The van der Waals surface area contributed by atoms with Crippen molar-refractivity contribution in [1.29, 1.82) is 0 Å². The molecule has 0 bridgehead atoms. The molecule has 1 heterocycles. The number of aromatic amines is 1. The van der Waals surface area contributed by atoms with Crippen LogP contribution in [0.4, 0.5) is 0 Å². The van der Waals surface area contributed by atoms with Gasteiger partial charge in [-0.25, -0.2) is 0 Å². The number of hydrogen-bond donors (Lipinski definition) is 2. The van der Waals surface area contributed by atoms with Crippen molar-refractivity contribution in [3.63, 3.8) is 0 Å². The molecule has 0 saturated heterocycles. The van der Waals surface area contributed by atoms with E-state index in [9.17, 15) is 9.59 Å². The van der Waals surface area contributed by atoms with Crippen LogP contribution in [-0.4, -0.2) is 23.8 Å². The molecule has 0 fully saturated rings. The molecule has 1 aromatic heterocycles. The number of ether oxygens (including phenoxy) is 1. The van der Waals surface area contributed by atoms with E-state index in [1.54, 1.807) is 19.4 Å². The normalized spacial score (nSPS) is 11.2. The van der Waals surface area contributed by atoms with E-state index in [1.165, 1.54) is 5.56 Å². The second-order valence-electron chi connectivity index (χ2n) is 7.99. The fourth-order valence-electron chi connectivity index (χ4n) is 2.97. The Balaban J connectivity index is 1.64. The van der Waals surface area contributed by atoms with E-state index < -0.39 is 0 Å². The molecule has 3 rings (SSSR count). The number of methoxy groups -OCH3 is 1. The first-order valence-electron chi connectivity index (χ1n) is 9.53. The molecule has 3 aromatic rings. The van der Waals surface area contributed by atoms with Gasteiger partial charge < -0.3 is 15.0 Å². The topological polar surface area (TPSA) is 71.2 Å². The molecule has 0 aliphatic rings. The Labute approximate surface area is 171 Å². The van der Waals surface area contributed by atoms with Gasteiger partial charge in [0.15, 0.2) is 5.78 Å². The molecule has 5 heteroatoms. The molecule has 5 nitrogen and oxygen atoms in total. The zero-order valence-corrected chi connectivity index (χ0v) is 17.2. The standard InChI is InChI=1S/C24H26N2O3/c1-24(2,3)19-9-7-17(8-10-19)22(27)18-13-21(25-15-18)23(28)26-14-16-5-11-20(29-4)12-6-16/h5-13,15,25H,14H2,1-4H3,(H,26,28). The lowest BCUT2D eigenvalue weighted by atomic mass is 9.86. The first-order chi connectivity index (χ1) is 13.8. The van der Waals surface area contributed by atoms with Crippen molar-refractivity contribution in [3.05, 3.63) is 88.7 Å². The molecule has 0 aliphatic heterocycles. The molecule has 2 aromatic carbocycles. The van der Waals surface area contributed by atoms with Crippen LogP contribution in [0.5, 0.6) is 5.75 Å². The second-order valence-corrected chi connectivity index (χ2v) is 7.99. The lowest BCUT2D eigenvalue weighted by Crippen LogP contribution is -2.23.